The van der Waals surface area contributed by atoms with Crippen LogP contribution in [0.5, 0.6) is 0 Å². The third-order valence-corrected chi connectivity index (χ3v) is 3.24. The van der Waals surface area contributed by atoms with Crippen molar-refractivity contribution >= 4 is 11.5 Å². The van der Waals surface area contributed by atoms with Crippen LogP contribution < -0.4 is 10.2 Å². The summed E-state index contributed by atoms with van der Waals surface area (Å²) in [6.45, 7) is 6.83. The topological polar surface area (TPSA) is 28.2 Å². The third-order valence-electron chi connectivity index (χ3n) is 3.24. The molecule has 20 heavy (non-hydrogen) atoms. The maximum absolute atomic E-state index is 12.8. The van der Waals surface area contributed by atoms with Crippen LogP contribution in [0.25, 0.3) is 0 Å². The SMILES string of the molecule is CCN(CC)c1ccc(CNc2ccc(F)cc2)cn1. The van der Waals surface area contributed by atoms with Crippen LogP contribution in [0.15, 0.2) is 42.6 Å². The second-order valence-electron chi connectivity index (χ2n) is 4.56. The molecule has 0 spiro atoms. The van der Waals surface area contributed by atoms with Crippen molar-refractivity contribution in [2.45, 2.75) is 20.4 Å². The lowest BCUT2D eigenvalue weighted by Gasteiger charge is -2.19. The van der Waals surface area contributed by atoms with Gasteiger partial charge in [-0.15, -0.1) is 0 Å². The molecular weight excluding hydrogens is 253 g/mol. The summed E-state index contributed by atoms with van der Waals surface area (Å²) in [5.74, 6) is 0.779. The fourth-order valence-corrected chi connectivity index (χ4v) is 2.03. The van der Waals surface area contributed by atoms with Gasteiger partial charge in [-0.3, -0.25) is 0 Å². The summed E-state index contributed by atoms with van der Waals surface area (Å²) in [4.78, 5) is 6.68. The molecule has 0 unspecified atom stereocenters. The maximum atomic E-state index is 12.8. The number of hydrogen-bond donors (Lipinski definition) is 1. The first-order chi connectivity index (χ1) is 9.72. The quantitative estimate of drug-likeness (QED) is 0.870. The van der Waals surface area contributed by atoms with Crippen LogP contribution in [0.4, 0.5) is 15.9 Å². The van der Waals surface area contributed by atoms with Crippen LogP contribution in [-0.4, -0.2) is 18.1 Å². The van der Waals surface area contributed by atoms with Gasteiger partial charge in [0.2, 0.25) is 0 Å². The molecule has 0 radical (unpaired) electrons. The van der Waals surface area contributed by atoms with E-state index in [-0.39, 0.29) is 5.82 Å². The molecule has 3 nitrogen and oxygen atoms in total. The van der Waals surface area contributed by atoms with Crippen LogP contribution in [0.1, 0.15) is 19.4 Å². The van der Waals surface area contributed by atoms with Crippen molar-refractivity contribution in [2.24, 2.45) is 0 Å². The Morgan fingerprint density at radius 2 is 1.75 bits per heavy atom. The third kappa shape index (κ3) is 3.70. The number of halogens is 1. The van der Waals surface area contributed by atoms with Crippen molar-refractivity contribution in [1.82, 2.24) is 4.98 Å². The summed E-state index contributed by atoms with van der Waals surface area (Å²) in [5.41, 5.74) is 2.00. The number of pyridine rings is 1. The molecular formula is C16H20FN3. The Balaban J connectivity index is 1.95. The predicted octanol–water partition coefficient (Wildman–Crippen LogP) is 3.68. The minimum atomic E-state index is -0.221. The van der Waals surface area contributed by atoms with E-state index < -0.39 is 0 Å². The summed E-state index contributed by atoms with van der Waals surface area (Å²) in [5, 5.41) is 3.24. The lowest BCUT2D eigenvalue weighted by atomic mass is 10.2. The van der Waals surface area contributed by atoms with Gasteiger partial charge < -0.3 is 10.2 Å². The van der Waals surface area contributed by atoms with E-state index in [1.807, 2.05) is 12.3 Å². The fourth-order valence-electron chi connectivity index (χ4n) is 2.03. The van der Waals surface area contributed by atoms with Crippen LogP contribution >= 0.6 is 0 Å². The standard InChI is InChI=1S/C16H20FN3/c1-3-20(4-2)16-10-5-13(12-19-16)11-18-15-8-6-14(17)7-9-15/h5-10,12,18H,3-4,11H2,1-2H3. The van der Waals surface area contributed by atoms with E-state index >= 15 is 0 Å². The summed E-state index contributed by atoms with van der Waals surface area (Å²) < 4.78 is 12.8. The first kappa shape index (κ1) is 14.3. The van der Waals surface area contributed by atoms with E-state index in [0.717, 1.165) is 30.2 Å². The van der Waals surface area contributed by atoms with Crippen molar-refractivity contribution < 1.29 is 4.39 Å². The van der Waals surface area contributed by atoms with Crippen molar-refractivity contribution in [3.63, 3.8) is 0 Å². The molecule has 0 aliphatic heterocycles. The Bertz CT molecular complexity index is 518. The molecule has 0 bridgehead atoms. The minimum absolute atomic E-state index is 0.221. The molecule has 1 aromatic heterocycles. The molecule has 1 heterocycles. The summed E-state index contributed by atoms with van der Waals surface area (Å²) >= 11 is 0. The smallest absolute Gasteiger partial charge is 0.128 e. The van der Waals surface area contributed by atoms with Crippen molar-refractivity contribution in [3.05, 3.63) is 54.0 Å². The van der Waals surface area contributed by atoms with Crippen LogP contribution in [0.2, 0.25) is 0 Å². The first-order valence-electron chi connectivity index (χ1n) is 6.92. The van der Waals surface area contributed by atoms with E-state index in [4.69, 9.17) is 0 Å². The molecule has 0 saturated carbocycles. The zero-order valence-electron chi connectivity index (χ0n) is 11.9. The zero-order valence-corrected chi connectivity index (χ0v) is 11.9. The lowest BCUT2D eigenvalue weighted by molar-refractivity contribution is 0.628. The summed E-state index contributed by atoms with van der Waals surface area (Å²) in [7, 11) is 0. The van der Waals surface area contributed by atoms with E-state index in [2.05, 4.69) is 35.1 Å². The van der Waals surface area contributed by atoms with Crippen molar-refractivity contribution in [2.75, 3.05) is 23.3 Å². The van der Waals surface area contributed by atoms with Gasteiger partial charge in [0.05, 0.1) is 0 Å². The van der Waals surface area contributed by atoms with Gasteiger partial charge in [0.15, 0.2) is 0 Å². The van der Waals surface area contributed by atoms with Gasteiger partial charge in [-0.1, -0.05) is 6.07 Å². The van der Waals surface area contributed by atoms with Gasteiger partial charge >= 0.3 is 0 Å². The molecule has 0 aliphatic carbocycles. The molecule has 0 atom stereocenters. The Hall–Kier alpha value is -2.10. The van der Waals surface area contributed by atoms with Gasteiger partial charge in [-0.05, 0) is 49.7 Å². The van der Waals surface area contributed by atoms with Gasteiger partial charge in [-0.25, -0.2) is 9.37 Å². The monoisotopic (exact) mass is 273 g/mol. The molecule has 0 fully saturated rings. The Morgan fingerprint density at radius 1 is 1.05 bits per heavy atom. The molecule has 2 aromatic rings. The second kappa shape index (κ2) is 6.89. The number of benzene rings is 1. The lowest BCUT2D eigenvalue weighted by Crippen LogP contribution is -2.22. The van der Waals surface area contributed by atoms with Gasteiger partial charge in [0.25, 0.3) is 0 Å². The molecule has 1 aromatic carbocycles. The molecule has 0 amide bonds. The Kier molecular flexibility index (Phi) is 4.93. The number of anilines is 2. The second-order valence-corrected chi connectivity index (χ2v) is 4.56. The van der Waals surface area contributed by atoms with E-state index in [0.29, 0.717) is 6.54 Å². The van der Waals surface area contributed by atoms with E-state index in [1.54, 1.807) is 12.1 Å². The Labute approximate surface area is 119 Å². The van der Waals surface area contributed by atoms with E-state index in [1.165, 1.54) is 12.1 Å². The number of hydrogen-bond acceptors (Lipinski definition) is 3. The molecule has 1 N–H and O–H groups in total. The highest BCUT2D eigenvalue weighted by Crippen LogP contribution is 2.13. The summed E-state index contributed by atoms with van der Waals surface area (Å²) in [6.07, 6.45) is 1.88. The molecule has 4 heteroatoms. The van der Waals surface area contributed by atoms with E-state index in [9.17, 15) is 4.39 Å². The number of nitrogens with zero attached hydrogens (tertiary/aromatic N) is 2. The highest BCUT2D eigenvalue weighted by Gasteiger charge is 2.02. The van der Waals surface area contributed by atoms with Crippen LogP contribution in [-0.2, 0) is 6.54 Å². The van der Waals surface area contributed by atoms with Crippen LogP contribution in [0.3, 0.4) is 0 Å². The molecule has 2 rings (SSSR count). The van der Waals surface area contributed by atoms with Gasteiger partial charge in [0.1, 0.15) is 11.6 Å². The fraction of sp³-hybridized carbons (Fsp3) is 0.312. The predicted molar refractivity (Wildman–Crippen MR) is 81.5 cm³/mol. The molecule has 0 aliphatic rings. The number of rotatable bonds is 6. The average Bonchev–Trinajstić information content (AvgIpc) is 2.49. The summed E-state index contributed by atoms with van der Waals surface area (Å²) in [6, 6.07) is 10.5. The largest absolute Gasteiger partial charge is 0.381 e. The average molecular weight is 273 g/mol. The highest BCUT2D eigenvalue weighted by molar-refractivity contribution is 5.44. The number of aromatic nitrogens is 1. The normalized spacial score (nSPS) is 10.3. The first-order valence-corrected chi connectivity index (χ1v) is 6.92. The minimum Gasteiger partial charge on any atom is -0.381 e. The van der Waals surface area contributed by atoms with Crippen molar-refractivity contribution in [1.29, 1.82) is 0 Å². The zero-order chi connectivity index (χ0) is 14.4. The van der Waals surface area contributed by atoms with Gasteiger partial charge in [-0.2, -0.15) is 0 Å². The van der Waals surface area contributed by atoms with Crippen molar-refractivity contribution in [3.8, 4) is 0 Å². The molecule has 0 saturated heterocycles. The Morgan fingerprint density at radius 3 is 2.30 bits per heavy atom. The number of nitrogens with one attached hydrogen (secondary N) is 1. The van der Waals surface area contributed by atoms with Crippen LogP contribution in [0, 0.1) is 5.82 Å². The highest BCUT2D eigenvalue weighted by atomic mass is 19.1. The van der Waals surface area contributed by atoms with Gasteiger partial charge in [0, 0.05) is 31.5 Å². The maximum Gasteiger partial charge on any atom is 0.128 e. The molecule has 106 valence electrons.